The zero-order chi connectivity index (χ0) is 18.1. The fourth-order valence-corrected chi connectivity index (χ4v) is 3.27. The number of phenols is 1. The van der Waals surface area contributed by atoms with E-state index in [0.29, 0.717) is 23.2 Å². The SMILES string of the molecule is CN(Cc1ccccc1O)C(=O)c1cc2ccccc2c2cccnc12. The van der Waals surface area contributed by atoms with Crippen LogP contribution in [0.3, 0.4) is 0 Å². The van der Waals surface area contributed by atoms with Crippen molar-refractivity contribution < 1.29 is 9.90 Å². The van der Waals surface area contributed by atoms with Gasteiger partial charge in [-0.1, -0.05) is 48.5 Å². The molecule has 1 heterocycles. The number of fused-ring (bicyclic) bond motifs is 3. The highest BCUT2D eigenvalue weighted by molar-refractivity contribution is 6.15. The second-order valence-electron chi connectivity index (χ2n) is 6.33. The standard InChI is InChI=1S/C22H18N2O2/c1-24(14-16-8-3-5-11-20(16)25)22(26)19-13-15-7-2-4-9-17(15)18-10-6-12-23-21(18)19/h2-13,25H,14H2,1H3. The van der Waals surface area contributed by atoms with Crippen LogP contribution >= 0.6 is 0 Å². The smallest absolute Gasteiger partial charge is 0.256 e. The number of rotatable bonds is 3. The van der Waals surface area contributed by atoms with Crippen molar-refractivity contribution in [2.24, 2.45) is 0 Å². The van der Waals surface area contributed by atoms with Crippen LogP contribution in [0, 0.1) is 0 Å². The summed E-state index contributed by atoms with van der Waals surface area (Å²) >= 11 is 0. The molecule has 0 spiro atoms. The third-order valence-electron chi connectivity index (χ3n) is 4.59. The van der Waals surface area contributed by atoms with Gasteiger partial charge in [0.2, 0.25) is 0 Å². The van der Waals surface area contributed by atoms with Gasteiger partial charge in [-0.2, -0.15) is 0 Å². The molecule has 0 saturated carbocycles. The van der Waals surface area contributed by atoms with Crippen LogP contribution < -0.4 is 0 Å². The van der Waals surface area contributed by atoms with Crippen LogP contribution in [0.1, 0.15) is 15.9 Å². The summed E-state index contributed by atoms with van der Waals surface area (Å²) in [5.41, 5.74) is 1.97. The molecule has 0 aliphatic rings. The lowest BCUT2D eigenvalue weighted by Gasteiger charge is -2.19. The Morgan fingerprint density at radius 1 is 1.00 bits per heavy atom. The highest BCUT2D eigenvalue weighted by Gasteiger charge is 2.18. The predicted octanol–water partition coefficient (Wildman–Crippen LogP) is 4.37. The monoisotopic (exact) mass is 342 g/mol. The van der Waals surface area contributed by atoms with Crippen molar-refractivity contribution in [3.63, 3.8) is 0 Å². The molecule has 4 aromatic rings. The molecule has 0 aliphatic carbocycles. The van der Waals surface area contributed by atoms with E-state index < -0.39 is 0 Å². The lowest BCUT2D eigenvalue weighted by Crippen LogP contribution is -2.26. The summed E-state index contributed by atoms with van der Waals surface area (Å²) in [6.07, 6.45) is 1.71. The van der Waals surface area contributed by atoms with Gasteiger partial charge in [-0.25, -0.2) is 0 Å². The first-order valence-corrected chi connectivity index (χ1v) is 8.44. The highest BCUT2D eigenvalue weighted by atomic mass is 16.3. The molecule has 0 fully saturated rings. The predicted molar refractivity (Wildman–Crippen MR) is 103 cm³/mol. The lowest BCUT2D eigenvalue weighted by molar-refractivity contribution is 0.0786. The van der Waals surface area contributed by atoms with E-state index in [9.17, 15) is 9.90 Å². The van der Waals surface area contributed by atoms with Gasteiger partial charge in [0.1, 0.15) is 5.75 Å². The first kappa shape index (κ1) is 16.1. The number of pyridine rings is 1. The molecule has 0 radical (unpaired) electrons. The quantitative estimate of drug-likeness (QED) is 0.563. The van der Waals surface area contributed by atoms with Gasteiger partial charge >= 0.3 is 0 Å². The molecular formula is C22H18N2O2. The van der Waals surface area contributed by atoms with E-state index in [1.54, 1.807) is 30.3 Å². The summed E-state index contributed by atoms with van der Waals surface area (Å²) in [5.74, 6) is 0.0661. The van der Waals surface area contributed by atoms with E-state index in [2.05, 4.69) is 4.98 Å². The number of aromatic hydroxyl groups is 1. The zero-order valence-corrected chi connectivity index (χ0v) is 14.4. The molecule has 4 rings (SSSR count). The second-order valence-corrected chi connectivity index (χ2v) is 6.33. The van der Waals surface area contributed by atoms with Gasteiger partial charge in [-0.15, -0.1) is 0 Å². The van der Waals surface area contributed by atoms with Crippen LogP contribution in [0.25, 0.3) is 21.7 Å². The first-order chi connectivity index (χ1) is 12.6. The number of nitrogens with zero attached hydrogens (tertiary/aromatic N) is 2. The number of benzene rings is 3. The van der Waals surface area contributed by atoms with Crippen molar-refractivity contribution in [2.45, 2.75) is 6.54 Å². The minimum absolute atomic E-state index is 0.122. The summed E-state index contributed by atoms with van der Waals surface area (Å²) < 4.78 is 0. The van der Waals surface area contributed by atoms with Crippen molar-refractivity contribution in [1.29, 1.82) is 0 Å². The summed E-state index contributed by atoms with van der Waals surface area (Å²) in [5, 5.41) is 13.0. The maximum absolute atomic E-state index is 13.1. The Hall–Kier alpha value is -3.40. The topological polar surface area (TPSA) is 53.4 Å². The van der Waals surface area contributed by atoms with E-state index in [1.165, 1.54) is 0 Å². The summed E-state index contributed by atoms with van der Waals surface area (Å²) in [4.78, 5) is 19.2. The third-order valence-corrected chi connectivity index (χ3v) is 4.59. The molecule has 128 valence electrons. The lowest BCUT2D eigenvalue weighted by atomic mass is 10.00. The Bertz CT molecular complexity index is 1120. The van der Waals surface area contributed by atoms with Crippen molar-refractivity contribution in [2.75, 3.05) is 7.05 Å². The highest BCUT2D eigenvalue weighted by Crippen LogP contribution is 2.28. The maximum atomic E-state index is 13.1. The van der Waals surface area contributed by atoms with Crippen molar-refractivity contribution in [1.82, 2.24) is 9.88 Å². The molecule has 1 N–H and O–H groups in total. The van der Waals surface area contributed by atoms with Crippen molar-refractivity contribution in [3.05, 3.63) is 84.1 Å². The van der Waals surface area contributed by atoms with Crippen molar-refractivity contribution >= 4 is 27.6 Å². The van der Waals surface area contributed by atoms with Crippen LogP contribution in [0.15, 0.2) is 72.9 Å². The normalized spacial score (nSPS) is 11.0. The number of amides is 1. The van der Waals surface area contributed by atoms with Crippen LogP contribution in [0.4, 0.5) is 0 Å². The van der Waals surface area contributed by atoms with Gasteiger partial charge in [0, 0.05) is 30.7 Å². The number of para-hydroxylation sites is 1. The number of phenolic OH excluding ortho intramolecular Hbond substituents is 1. The Morgan fingerprint density at radius 3 is 2.58 bits per heavy atom. The van der Waals surface area contributed by atoms with E-state index >= 15 is 0 Å². The number of hydrogen-bond donors (Lipinski definition) is 1. The molecule has 0 bridgehead atoms. The Morgan fingerprint density at radius 2 is 1.73 bits per heavy atom. The van der Waals surface area contributed by atoms with E-state index in [-0.39, 0.29) is 11.7 Å². The van der Waals surface area contributed by atoms with Crippen LogP contribution in [-0.2, 0) is 6.54 Å². The van der Waals surface area contributed by atoms with Gasteiger partial charge in [-0.3, -0.25) is 9.78 Å². The summed E-state index contributed by atoms with van der Waals surface area (Å²) in [6.45, 7) is 0.326. The molecule has 1 amide bonds. The largest absolute Gasteiger partial charge is 0.508 e. The Kier molecular flexibility index (Phi) is 4.01. The number of carbonyl (C=O) groups excluding carboxylic acids is 1. The molecule has 4 nitrogen and oxygen atoms in total. The first-order valence-electron chi connectivity index (χ1n) is 8.44. The van der Waals surface area contributed by atoms with Crippen molar-refractivity contribution in [3.8, 4) is 5.75 Å². The van der Waals surface area contributed by atoms with Gasteiger partial charge < -0.3 is 10.0 Å². The van der Waals surface area contributed by atoms with Gasteiger partial charge in [-0.05, 0) is 29.0 Å². The van der Waals surface area contributed by atoms with E-state index in [0.717, 1.165) is 16.2 Å². The number of hydrogen-bond acceptors (Lipinski definition) is 3. The van der Waals surface area contributed by atoms with Gasteiger partial charge in [0.05, 0.1) is 11.1 Å². The Labute approximate surface area is 151 Å². The molecular weight excluding hydrogens is 324 g/mol. The fraction of sp³-hybridized carbons (Fsp3) is 0.0909. The second kappa shape index (κ2) is 6.48. The number of carbonyl (C=O) groups is 1. The molecule has 3 aromatic carbocycles. The van der Waals surface area contributed by atoms with E-state index in [1.807, 2.05) is 54.6 Å². The maximum Gasteiger partial charge on any atom is 0.256 e. The van der Waals surface area contributed by atoms with Gasteiger partial charge in [0.25, 0.3) is 5.91 Å². The minimum Gasteiger partial charge on any atom is -0.508 e. The van der Waals surface area contributed by atoms with Crippen LogP contribution in [0.5, 0.6) is 5.75 Å². The summed E-state index contributed by atoms with van der Waals surface area (Å²) in [6, 6.07) is 20.8. The Balaban J connectivity index is 1.79. The average Bonchev–Trinajstić information content (AvgIpc) is 2.68. The zero-order valence-electron chi connectivity index (χ0n) is 14.4. The van der Waals surface area contributed by atoms with Crippen LogP contribution in [-0.4, -0.2) is 27.9 Å². The summed E-state index contributed by atoms with van der Waals surface area (Å²) in [7, 11) is 1.73. The molecule has 0 atom stereocenters. The van der Waals surface area contributed by atoms with Crippen LogP contribution in [0.2, 0.25) is 0 Å². The minimum atomic E-state index is -0.122. The molecule has 26 heavy (non-hydrogen) atoms. The molecule has 0 unspecified atom stereocenters. The third kappa shape index (κ3) is 2.75. The molecule has 0 saturated heterocycles. The average molecular weight is 342 g/mol. The fourth-order valence-electron chi connectivity index (χ4n) is 3.27. The van der Waals surface area contributed by atoms with E-state index in [4.69, 9.17) is 0 Å². The van der Waals surface area contributed by atoms with Gasteiger partial charge in [0.15, 0.2) is 0 Å². The molecule has 4 heteroatoms. The number of aromatic nitrogens is 1. The molecule has 0 aliphatic heterocycles. The molecule has 1 aromatic heterocycles.